The van der Waals surface area contributed by atoms with E-state index in [0.717, 1.165) is 16.7 Å². The number of benzene rings is 2. The molecule has 0 bridgehead atoms. The van der Waals surface area contributed by atoms with Gasteiger partial charge in [0.25, 0.3) is 5.91 Å². The Kier molecular flexibility index (Phi) is 6.02. The van der Waals surface area contributed by atoms with E-state index in [4.69, 9.17) is 27.9 Å². The van der Waals surface area contributed by atoms with Crippen molar-refractivity contribution in [1.82, 2.24) is 5.43 Å². The quantitative estimate of drug-likeness (QED) is 0.650. The summed E-state index contributed by atoms with van der Waals surface area (Å²) in [4.78, 5) is 11.7. The number of rotatable bonds is 5. The van der Waals surface area contributed by atoms with Gasteiger partial charge in [-0.15, -0.1) is 0 Å². The van der Waals surface area contributed by atoms with Gasteiger partial charge in [-0.25, -0.2) is 5.43 Å². The van der Waals surface area contributed by atoms with Crippen LogP contribution in [-0.2, 0) is 4.79 Å². The van der Waals surface area contributed by atoms with Crippen LogP contribution in [0.15, 0.2) is 41.5 Å². The maximum Gasteiger partial charge on any atom is 0.277 e. The fourth-order valence-electron chi connectivity index (χ4n) is 1.92. The predicted molar refractivity (Wildman–Crippen MR) is 93.6 cm³/mol. The lowest BCUT2D eigenvalue weighted by atomic mass is 10.1. The molecule has 0 aliphatic rings. The molecule has 0 aliphatic carbocycles. The van der Waals surface area contributed by atoms with Crippen LogP contribution in [-0.4, -0.2) is 18.7 Å². The van der Waals surface area contributed by atoms with Crippen LogP contribution in [0, 0.1) is 13.8 Å². The summed E-state index contributed by atoms with van der Waals surface area (Å²) in [5, 5.41) is 5.12. The van der Waals surface area contributed by atoms with E-state index in [2.05, 4.69) is 10.5 Å². The maximum absolute atomic E-state index is 11.7. The fraction of sp³-hybridized carbons (Fsp3) is 0.176. The fourth-order valence-corrected chi connectivity index (χ4v) is 2.22. The lowest BCUT2D eigenvalue weighted by molar-refractivity contribution is -0.123. The molecule has 0 aromatic heterocycles. The van der Waals surface area contributed by atoms with Gasteiger partial charge in [-0.3, -0.25) is 4.79 Å². The van der Waals surface area contributed by atoms with Gasteiger partial charge < -0.3 is 4.74 Å². The van der Waals surface area contributed by atoms with Gasteiger partial charge in [0.1, 0.15) is 5.75 Å². The molecule has 2 aromatic carbocycles. The van der Waals surface area contributed by atoms with Crippen LogP contribution >= 0.6 is 23.2 Å². The molecule has 0 saturated carbocycles. The molecule has 0 spiro atoms. The number of halogens is 2. The molecule has 23 heavy (non-hydrogen) atoms. The maximum atomic E-state index is 11.7. The molecule has 0 radical (unpaired) electrons. The van der Waals surface area contributed by atoms with Crippen LogP contribution < -0.4 is 10.2 Å². The van der Waals surface area contributed by atoms with Crippen LogP contribution in [0.2, 0.25) is 10.0 Å². The average Bonchev–Trinajstić information content (AvgIpc) is 2.52. The van der Waals surface area contributed by atoms with Gasteiger partial charge in [-0.1, -0.05) is 41.4 Å². The number of nitrogens with one attached hydrogen (secondary N) is 1. The van der Waals surface area contributed by atoms with Crippen molar-refractivity contribution >= 4 is 35.3 Å². The molecular weight excluding hydrogens is 335 g/mol. The van der Waals surface area contributed by atoms with Crippen molar-refractivity contribution in [3.8, 4) is 5.75 Å². The molecule has 0 aliphatic heterocycles. The molecule has 0 heterocycles. The minimum absolute atomic E-state index is 0.139. The standard InChI is InChI=1S/C17H16Cl2N2O2/c1-11-7-14(8-12(2)17(11)19)23-10-16(22)21-20-9-13-5-3-4-6-15(13)18/h3-9H,10H2,1-2H3,(H,21,22)/b20-9+. The Balaban J connectivity index is 1.87. The van der Waals surface area contributed by atoms with E-state index in [-0.39, 0.29) is 12.5 Å². The lowest BCUT2D eigenvalue weighted by Crippen LogP contribution is -2.24. The van der Waals surface area contributed by atoms with E-state index in [1.54, 1.807) is 24.3 Å². The number of hydrazone groups is 1. The Labute approximate surface area is 145 Å². The Morgan fingerprint density at radius 2 is 1.87 bits per heavy atom. The average molecular weight is 351 g/mol. The second-order valence-electron chi connectivity index (χ2n) is 4.97. The van der Waals surface area contributed by atoms with Crippen molar-refractivity contribution in [3.05, 3.63) is 63.1 Å². The summed E-state index contributed by atoms with van der Waals surface area (Å²) in [7, 11) is 0. The number of aryl methyl sites for hydroxylation is 2. The third kappa shape index (κ3) is 4.98. The topological polar surface area (TPSA) is 50.7 Å². The third-order valence-corrected chi connectivity index (χ3v) is 4.02. The number of carbonyl (C=O) groups is 1. The molecule has 2 aromatic rings. The summed E-state index contributed by atoms with van der Waals surface area (Å²) >= 11 is 12.1. The van der Waals surface area contributed by atoms with E-state index in [9.17, 15) is 4.79 Å². The second kappa shape index (κ2) is 7.99. The zero-order chi connectivity index (χ0) is 16.8. The van der Waals surface area contributed by atoms with Crippen molar-refractivity contribution < 1.29 is 9.53 Å². The number of hydrogen-bond donors (Lipinski definition) is 1. The molecule has 1 N–H and O–H groups in total. The summed E-state index contributed by atoms with van der Waals surface area (Å²) in [6, 6.07) is 10.8. The molecule has 120 valence electrons. The monoisotopic (exact) mass is 350 g/mol. The number of carbonyl (C=O) groups excluding carboxylic acids is 1. The van der Waals surface area contributed by atoms with Crippen LogP contribution in [0.1, 0.15) is 16.7 Å². The summed E-state index contributed by atoms with van der Waals surface area (Å²) < 4.78 is 5.44. The lowest BCUT2D eigenvalue weighted by Gasteiger charge is -2.09. The van der Waals surface area contributed by atoms with Gasteiger partial charge >= 0.3 is 0 Å². The smallest absolute Gasteiger partial charge is 0.277 e. The van der Waals surface area contributed by atoms with Gasteiger partial charge in [0.15, 0.2) is 6.61 Å². The Hall–Kier alpha value is -2.04. The van der Waals surface area contributed by atoms with Crippen LogP contribution in [0.4, 0.5) is 0 Å². The summed E-state index contributed by atoms with van der Waals surface area (Å²) in [6.45, 7) is 3.63. The highest BCUT2D eigenvalue weighted by molar-refractivity contribution is 6.33. The van der Waals surface area contributed by atoms with Gasteiger partial charge in [0.05, 0.1) is 6.21 Å². The molecule has 2 rings (SSSR count). The molecule has 0 fully saturated rings. The highest BCUT2D eigenvalue weighted by atomic mass is 35.5. The van der Waals surface area contributed by atoms with E-state index in [0.29, 0.717) is 15.8 Å². The van der Waals surface area contributed by atoms with Crippen LogP contribution in [0.5, 0.6) is 5.75 Å². The van der Waals surface area contributed by atoms with Gasteiger partial charge in [0.2, 0.25) is 0 Å². The summed E-state index contributed by atoms with van der Waals surface area (Å²) in [6.07, 6.45) is 1.48. The summed E-state index contributed by atoms with van der Waals surface area (Å²) in [5.74, 6) is 0.230. The number of nitrogens with zero attached hydrogens (tertiary/aromatic N) is 1. The Morgan fingerprint density at radius 3 is 2.52 bits per heavy atom. The third-order valence-electron chi connectivity index (χ3n) is 3.08. The predicted octanol–water partition coefficient (Wildman–Crippen LogP) is 4.14. The largest absolute Gasteiger partial charge is 0.484 e. The van der Waals surface area contributed by atoms with Crippen molar-refractivity contribution in [2.24, 2.45) is 5.10 Å². The molecule has 0 saturated heterocycles. The van der Waals surface area contributed by atoms with Crippen molar-refractivity contribution in [1.29, 1.82) is 0 Å². The van der Waals surface area contributed by atoms with Gasteiger partial charge in [0, 0.05) is 15.6 Å². The first kappa shape index (κ1) is 17.3. The van der Waals surface area contributed by atoms with Gasteiger partial charge in [-0.2, -0.15) is 5.10 Å². The van der Waals surface area contributed by atoms with Gasteiger partial charge in [-0.05, 0) is 43.2 Å². The minimum atomic E-state index is -0.362. The van der Waals surface area contributed by atoms with Crippen LogP contribution in [0.3, 0.4) is 0 Å². The number of hydrogen-bond acceptors (Lipinski definition) is 3. The second-order valence-corrected chi connectivity index (χ2v) is 5.76. The van der Waals surface area contributed by atoms with E-state index in [1.165, 1.54) is 6.21 Å². The van der Waals surface area contributed by atoms with E-state index < -0.39 is 0 Å². The first-order chi connectivity index (χ1) is 11.0. The Bertz CT molecular complexity index is 722. The number of amides is 1. The first-order valence-corrected chi connectivity index (χ1v) is 7.69. The normalized spacial score (nSPS) is 10.8. The SMILES string of the molecule is Cc1cc(OCC(=O)N/N=C/c2ccccc2Cl)cc(C)c1Cl. The zero-order valence-corrected chi connectivity index (χ0v) is 14.3. The zero-order valence-electron chi connectivity index (χ0n) is 12.8. The molecule has 6 heteroatoms. The molecular formula is C17H16Cl2N2O2. The highest BCUT2D eigenvalue weighted by Crippen LogP contribution is 2.25. The minimum Gasteiger partial charge on any atom is -0.484 e. The summed E-state index contributed by atoms with van der Waals surface area (Å²) in [5.41, 5.74) is 4.91. The highest BCUT2D eigenvalue weighted by Gasteiger charge is 2.06. The van der Waals surface area contributed by atoms with E-state index >= 15 is 0 Å². The molecule has 4 nitrogen and oxygen atoms in total. The molecule has 0 atom stereocenters. The van der Waals surface area contributed by atoms with Crippen molar-refractivity contribution in [3.63, 3.8) is 0 Å². The first-order valence-electron chi connectivity index (χ1n) is 6.93. The van der Waals surface area contributed by atoms with E-state index in [1.807, 2.05) is 26.0 Å². The molecule has 1 amide bonds. The number of ether oxygens (including phenoxy) is 1. The molecule has 0 unspecified atom stereocenters. The Morgan fingerprint density at radius 1 is 1.22 bits per heavy atom. The van der Waals surface area contributed by atoms with Crippen molar-refractivity contribution in [2.45, 2.75) is 13.8 Å². The van der Waals surface area contributed by atoms with Crippen LogP contribution in [0.25, 0.3) is 0 Å². The van der Waals surface area contributed by atoms with Crippen molar-refractivity contribution in [2.75, 3.05) is 6.61 Å².